The molecule has 18 heavy (non-hydrogen) atoms. The highest BCUT2D eigenvalue weighted by atomic mass is 16.6. The lowest BCUT2D eigenvalue weighted by molar-refractivity contribution is 0.159. The van der Waals surface area contributed by atoms with Gasteiger partial charge in [-0.15, -0.1) is 0 Å². The van der Waals surface area contributed by atoms with E-state index in [1.807, 2.05) is 37.3 Å². The van der Waals surface area contributed by atoms with Gasteiger partial charge in [0.1, 0.15) is 0 Å². The number of hydrogen-bond acceptors (Lipinski definition) is 3. The number of nitrogens with zero attached hydrogens (tertiary/aromatic N) is 2. The van der Waals surface area contributed by atoms with Crippen molar-refractivity contribution in [2.45, 2.75) is 20.3 Å². The number of benzene rings is 1. The highest BCUT2D eigenvalue weighted by Gasteiger charge is 2.20. The maximum Gasteiger partial charge on any atom is 0.414 e. The summed E-state index contributed by atoms with van der Waals surface area (Å²) in [6, 6.07) is 11.5. The summed E-state index contributed by atoms with van der Waals surface area (Å²) >= 11 is 0. The molecule has 0 N–H and O–H groups in total. The zero-order chi connectivity index (χ0) is 13.4. The van der Waals surface area contributed by atoms with Gasteiger partial charge in [0.15, 0.2) is 0 Å². The van der Waals surface area contributed by atoms with Gasteiger partial charge in [-0.25, -0.2) is 4.79 Å². The normalized spacial score (nSPS) is 11.4. The molecule has 0 saturated heterocycles. The summed E-state index contributed by atoms with van der Waals surface area (Å²) in [4.78, 5) is 13.4. The zero-order valence-corrected chi connectivity index (χ0v) is 10.8. The Hall–Kier alpha value is -2.02. The third-order valence-electron chi connectivity index (χ3n) is 2.63. The first-order valence-corrected chi connectivity index (χ1v) is 6.11. The largest absolute Gasteiger partial charge is 0.449 e. The van der Waals surface area contributed by atoms with Crippen LogP contribution in [-0.2, 0) is 4.74 Å². The fraction of sp³-hybridized carbons (Fsp3) is 0.429. The molecule has 0 aliphatic heterocycles. The van der Waals surface area contributed by atoms with E-state index in [9.17, 15) is 4.79 Å². The molecule has 1 aromatic rings. The molecule has 1 atom stereocenters. The maximum absolute atomic E-state index is 11.9. The van der Waals surface area contributed by atoms with Gasteiger partial charge in [-0.05, 0) is 25.5 Å². The molecule has 0 heterocycles. The Morgan fingerprint density at radius 3 is 2.56 bits per heavy atom. The maximum atomic E-state index is 11.9. The van der Waals surface area contributed by atoms with Crippen LogP contribution in [0.1, 0.15) is 20.3 Å². The Morgan fingerprint density at radius 1 is 1.39 bits per heavy atom. The standard InChI is InChI=1S/C14H18N2O2/c1-3-12(10-15)11-16(14(17)18-4-2)13-8-6-5-7-9-13/h5-9,12H,3-4,11H2,1-2H3. The number of carbonyl (C=O) groups is 1. The minimum atomic E-state index is -0.405. The molecule has 1 rings (SSSR count). The SMILES string of the molecule is CCOC(=O)N(CC(C#N)CC)c1ccccc1. The lowest BCUT2D eigenvalue weighted by Gasteiger charge is -2.23. The minimum absolute atomic E-state index is 0.186. The second-order valence-electron chi connectivity index (χ2n) is 3.88. The summed E-state index contributed by atoms with van der Waals surface area (Å²) in [7, 11) is 0. The molecule has 0 fully saturated rings. The monoisotopic (exact) mass is 246 g/mol. The molecular formula is C14H18N2O2. The van der Waals surface area contributed by atoms with Crippen LogP contribution in [0.25, 0.3) is 0 Å². The number of anilines is 1. The Labute approximate surface area is 108 Å². The fourth-order valence-electron chi connectivity index (χ4n) is 1.58. The van der Waals surface area contributed by atoms with Crippen molar-refractivity contribution in [3.8, 4) is 6.07 Å². The Balaban J connectivity index is 2.89. The number of ether oxygens (including phenoxy) is 1. The van der Waals surface area contributed by atoms with Crippen LogP contribution < -0.4 is 4.90 Å². The van der Waals surface area contributed by atoms with Crippen LogP contribution in [0.5, 0.6) is 0 Å². The van der Waals surface area contributed by atoms with Crippen LogP contribution in [0.2, 0.25) is 0 Å². The molecule has 4 heteroatoms. The predicted molar refractivity (Wildman–Crippen MR) is 70.2 cm³/mol. The van der Waals surface area contributed by atoms with E-state index in [0.29, 0.717) is 19.6 Å². The van der Waals surface area contributed by atoms with Crippen molar-refractivity contribution in [3.63, 3.8) is 0 Å². The van der Waals surface area contributed by atoms with Crippen LogP contribution in [0, 0.1) is 17.2 Å². The Kier molecular flexibility index (Phi) is 5.72. The molecule has 96 valence electrons. The third kappa shape index (κ3) is 3.77. The van der Waals surface area contributed by atoms with Gasteiger partial charge in [0, 0.05) is 12.2 Å². The van der Waals surface area contributed by atoms with Crippen molar-refractivity contribution in [2.24, 2.45) is 5.92 Å². The van der Waals surface area contributed by atoms with Crippen molar-refractivity contribution < 1.29 is 9.53 Å². The molecule has 0 radical (unpaired) electrons. The molecule has 0 aliphatic rings. The number of nitriles is 1. The molecule has 1 amide bonds. The topological polar surface area (TPSA) is 53.3 Å². The highest BCUT2D eigenvalue weighted by Crippen LogP contribution is 2.17. The molecule has 1 aromatic carbocycles. The van der Waals surface area contributed by atoms with Gasteiger partial charge in [0.2, 0.25) is 0 Å². The summed E-state index contributed by atoms with van der Waals surface area (Å²) in [5.41, 5.74) is 0.754. The van der Waals surface area contributed by atoms with E-state index in [1.54, 1.807) is 6.92 Å². The molecule has 0 aromatic heterocycles. The summed E-state index contributed by atoms with van der Waals surface area (Å²) in [5.74, 6) is -0.186. The van der Waals surface area contributed by atoms with Crippen molar-refractivity contribution in [3.05, 3.63) is 30.3 Å². The van der Waals surface area contributed by atoms with E-state index in [0.717, 1.165) is 5.69 Å². The first kappa shape index (κ1) is 14.0. The van der Waals surface area contributed by atoms with Crippen LogP contribution in [0.15, 0.2) is 30.3 Å². The van der Waals surface area contributed by atoms with Crippen LogP contribution in [0.3, 0.4) is 0 Å². The fourth-order valence-corrected chi connectivity index (χ4v) is 1.58. The lowest BCUT2D eigenvalue weighted by atomic mass is 10.1. The zero-order valence-electron chi connectivity index (χ0n) is 10.8. The van der Waals surface area contributed by atoms with E-state index in [-0.39, 0.29) is 5.92 Å². The average molecular weight is 246 g/mol. The van der Waals surface area contributed by atoms with Crippen molar-refractivity contribution in [1.29, 1.82) is 5.26 Å². The minimum Gasteiger partial charge on any atom is -0.449 e. The Morgan fingerprint density at radius 2 is 2.06 bits per heavy atom. The lowest BCUT2D eigenvalue weighted by Crippen LogP contribution is -2.35. The predicted octanol–water partition coefficient (Wildman–Crippen LogP) is 3.20. The molecule has 0 bridgehead atoms. The van der Waals surface area contributed by atoms with Gasteiger partial charge < -0.3 is 4.74 Å². The van der Waals surface area contributed by atoms with Gasteiger partial charge in [0.05, 0.1) is 18.6 Å². The molecule has 0 spiro atoms. The van der Waals surface area contributed by atoms with Crippen molar-refractivity contribution in [2.75, 3.05) is 18.1 Å². The average Bonchev–Trinajstić information content (AvgIpc) is 2.41. The number of para-hydroxylation sites is 1. The van der Waals surface area contributed by atoms with E-state index in [1.165, 1.54) is 4.90 Å². The van der Waals surface area contributed by atoms with Gasteiger partial charge in [-0.1, -0.05) is 25.1 Å². The van der Waals surface area contributed by atoms with Crippen molar-refractivity contribution in [1.82, 2.24) is 0 Å². The summed E-state index contributed by atoms with van der Waals surface area (Å²) in [6.45, 7) is 4.38. The number of rotatable bonds is 5. The highest BCUT2D eigenvalue weighted by molar-refractivity contribution is 5.87. The van der Waals surface area contributed by atoms with E-state index in [2.05, 4.69) is 6.07 Å². The molecular weight excluding hydrogens is 228 g/mol. The van der Waals surface area contributed by atoms with Gasteiger partial charge in [0.25, 0.3) is 0 Å². The first-order valence-electron chi connectivity index (χ1n) is 6.11. The Bertz CT molecular complexity index is 412. The second-order valence-corrected chi connectivity index (χ2v) is 3.88. The number of carbonyl (C=O) groups excluding carboxylic acids is 1. The van der Waals surface area contributed by atoms with Gasteiger partial charge >= 0.3 is 6.09 Å². The van der Waals surface area contributed by atoms with Crippen LogP contribution >= 0.6 is 0 Å². The number of hydrogen-bond donors (Lipinski definition) is 0. The van der Waals surface area contributed by atoms with Crippen LogP contribution in [-0.4, -0.2) is 19.2 Å². The summed E-state index contributed by atoms with van der Waals surface area (Å²) < 4.78 is 5.03. The molecule has 1 unspecified atom stereocenters. The van der Waals surface area contributed by atoms with E-state index < -0.39 is 6.09 Å². The summed E-state index contributed by atoms with van der Waals surface area (Å²) in [5, 5.41) is 9.00. The first-order chi connectivity index (χ1) is 8.72. The summed E-state index contributed by atoms with van der Waals surface area (Å²) in [6.07, 6.45) is 0.302. The molecule has 0 aliphatic carbocycles. The van der Waals surface area contributed by atoms with E-state index >= 15 is 0 Å². The van der Waals surface area contributed by atoms with Crippen molar-refractivity contribution >= 4 is 11.8 Å². The van der Waals surface area contributed by atoms with Crippen LogP contribution in [0.4, 0.5) is 10.5 Å². The molecule has 4 nitrogen and oxygen atoms in total. The quantitative estimate of drug-likeness (QED) is 0.801. The molecule has 0 saturated carbocycles. The van der Waals surface area contributed by atoms with Gasteiger partial charge in [-0.2, -0.15) is 5.26 Å². The smallest absolute Gasteiger partial charge is 0.414 e. The number of amides is 1. The van der Waals surface area contributed by atoms with Gasteiger partial charge in [-0.3, -0.25) is 4.90 Å². The van der Waals surface area contributed by atoms with E-state index in [4.69, 9.17) is 10.00 Å². The second kappa shape index (κ2) is 7.33. The third-order valence-corrected chi connectivity index (χ3v) is 2.63.